The molecule has 0 atom stereocenters. The molecule has 5 heteroatoms. The van der Waals surface area contributed by atoms with Gasteiger partial charge < -0.3 is 20.5 Å². The molecule has 0 aliphatic heterocycles. The number of carbonyl (C=O) groups excluding carboxylic acids is 1. The van der Waals surface area contributed by atoms with Crippen molar-refractivity contribution < 1.29 is 14.3 Å². The molecule has 1 amide bonds. The van der Waals surface area contributed by atoms with Gasteiger partial charge in [0, 0.05) is 30.8 Å². The van der Waals surface area contributed by atoms with E-state index in [4.69, 9.17) is 15.2 Å². The lowest BCUT2D eigenvalue weighted by atomic mass is 10.00. The minimum absolute atomic E-state index is 0.0439. The van der Waals surface area contributed by atoms with Gasteiger partial charge in [-0.05, 0) is 32.4 Å². The Bertz CT molecular complexity index is 427. The SMILES string of the molecule is COCCOc1cccc(NC(=O)CCC(C)(C)N)c1. The number of nitrogens with two attached hydrogens (primary N) is 1. The fourth-order valence-electron chi connectivity index (χ4n) is 1.57. The van der Waals surface area contributed by atoms with Gasteiger partial charge in [0.25, 0.3) is 0 Å². The van der Waals surface area contributed by atoms with Gasteiger partial charge in [0.2, 0.25) is 5.91 Å². The number of amides is 1. The number of hydrogen-bond donors (Lipinski definition) is 2. The molecule has 0 spiro atoms. The van der Waals surface area contributed by atoms with Gasteiger partial charge in [-0.25, -0.2) is 0 Å². The second-order valence-electron chi connectivity index (χ2n) is 5.41. The molecule has 0 heterocycles. The number of hydrogen-bond acceptors (Lipinski definition) is 4. The minimum Gasteiger partial charge on any atom is -0.491 e. The van der Waals surface area contributed by atoms with Crippen LogP contribution >= 0.6 is 0 Å². The van der Waals surface area contributed by atoms with Gasteiger partial charge in [0.15, 0.2) is 0 Å². The Morgan fingerprint density at radius 1 is 1.35 bits per heavy atom. The highest BCUT2D eigenvalue weighted by Gasteiger charge is 2.13. The molecular formula is C15H24N2O3. The third-order valence-electron chi connectivity index (χ3n) is 2.67. The molecule has 0 aliphatic carbocycles. The molecule has 0 radical (unpaired) electrons. The number of ether oxygens (including phenoxy) is 2. The van der Waals surface area contributed by atoms with E-state index in [2.05, 4.69) is 5.32 Å². The maximum Gasteiger partial charge on any atom is 0.224 e. The molecule has 112 valence electrons. The van der Waals surface area contributed by atoms with Crippen molar-refractivity contribution >= 4 is 11.6 Å². The van der Waals surface area contributed by atoms with Crippen LogP contribution in [0.5, 0.6) is 5.75 Å². The van der Waals surface area contributed by atoms with Crippen molar-refractivity contribution in [1.82, 2.24) is 0 Å². The van der Waals surface area contributed by atoms with Crippen molar-refractivity contribution in [3.8, 4) is 5.75 Å². The fraction of sp³-hybridized carbons (Fsp3) is 0.533. The Morgan fingerprint density at radius 2 is 2.10 bits per heavy atom. The molecule has 0 fully saturated rings. The van der Waals surface area contributed by atoms with Gasteiger partial charge >= 0.3 is 0 Å². The summed E-state index contributed by atoms with van der Waals surface area (Å²) in [5.41, 5.74) is 6.25. The monoisotopic (exact) mass is 280 g/mol. The summed E-state index contributed by atoms with van der Waals surface area (Å²) in [5.74, 6) is 0.663. The summed E-state index contributed by atoms with van der Waals surface area (Å²) in [6.07, 6.45) is 1.04. The Kier molecular flexibility index (Phi) is 6.48. The van der Waals surface area contributed by atoms with E-state index in [-0.39, 0.29) is 11.4 Å². The van der Waals surface area contributed by atoms with E-state index < -0.39 is 0 Å². The molecular weight excluding hydrogens is 256 g/mol. The second-order valence-corrected chi connectivity index (χ2v) is 5.41. The van der Waals surface area contributed by atoms with Crippen LogP contribution in [0.2, 0.25) is 0 Å². The highest BCUT2D eigenvalue weighted by molar-refractivity contribution is 5.90. The summed E-state index contributed by atoms with van der Waals surface area (Å²) < 4.78 is 10.4. The Morgan fingerprint density at radius 3 is 2.75 bits per heavy atom. The fourth-order valence-corrected chi connectivity index (χ4v) is 1.57. The predicted octanol–water partition coefficient (Wildman–Crippen LogP) is 2.17. The van der Waals surface area contributed by atoms with Gasteiger partial charge in [-0.2, -0.15) is 0 Å². The van der Waals surface area contributed by atoms with Crippen LogP contribution in [0.3, 0.4) is 0 Å². The molecule has 0 aliphatic rings. The van der Waals surface area contributed by atoms with E-state index in [1.165, 1.54) is 0 Å². The van der Waals surface area contributed by atoms with Crippen LogP contribution < -0.4 is 15.8 Å². The Labute approximate surface area is 120 Å². The van der Waals surface area contributed by atoms with Crippen molar-refractivity contribution in [3.63, 3.8) is 0 Å². The lowest BCUT2D eigenvalue weighted by Crippen LogP contribution is -2.33. The van der Waals surface area contributed by atoms with Gasteiger partial charge in [-0.1, -0.05) is 6.07 Å². The Hall–Kier alpha value is -1.59. The van der Waals surface area contributed by atoms with E-state index >= 15 is 0 Å². The van der Waals surface area contributed by atoms with Gasteiger partial charge in [-0.15, -0.1) is 0 Å². The number of benzene rings is 1. The summed E-state index contributed by atoms with van der Waals surface area (Å²) in [7, 11) is 1.62. The third kappa shape index (κ3) is 7.11. The van der Waals surface area contributed by atoms with E-state index in [0.717, 1.165) is 5.69 Å². The lowest BCUT2D eigenvalue weighted by Gasteiger charge is -2.17. The topological polar surface area (TPSA) is 73.6 Å². The molecule has 3 N–H and O–H groups in total. The molecule has 0 aromatic heterocycles. The summed E-state index contributed by atoms with van der Waals surface area (Å²) in [6.45, 7) is 4.83. The lowest BCUT2D eigenvalue weighted by molar-refractivity contribution is -0.116. The van der Waals surface area contributed by atoms with Crippen LogP contribution in [0.4, 0.5) is 5.69 Å². The molecule has 20 heavy (non-hydrogen) atoms. The van der Waals surface area contributed by atoms with Crippen LogP contribution in [-0.2, 0) is 9.53 Å². The van der Waals surface area contributed by atoms with Crippen molar-refractivity contribution in [2.45, 2.75) is 32.2 Å². The third-order valence-corrected chi connectivity index (χ3v) is 2.67. The largest absolute Gasteiger partial charge is 0.491 e. The van der Waals surface area contributed by atoms with Gasteiger partial charge in [0.1, 0.15) is 12.4 Å². The molecule has 0 unspecified atom stereocenters. The first-order chi connectivity index (χ1) is 9.40. The highest BCUT2D eigenvalue weighted by Crippen LogP contribution is 2.18. The van der Waals surface area contributed by atoms with Crippen molar-refractivity contribution in [1.29, 1.82) is 0 Å². The average molecular weight is 280 g/mol. The standard InChI is InChI=1S/C15H24N2O3/c1-15(2,16)8-7-14(18)17-12-5-4-6-13(11-12)20-10-9-19-3/h4-6,11H,7-10,16H2,1-3H3,(H,17,18). The average Bonchev–Trinajstić information content (AvgIpc) is 2.36. The zero-order valence-electron chi connectivity index (χ0n) is 12.4. The number of rotatable bonds is 8. The number of anilines is 1. The molecule has 5 nitrogen and oxygen atoms in total. The van der Waals surface area contributed by atoms with Crippen molar-refractivity contribution in [3.05, 3.63) is 24.3 Å². The van der Waals surface area contributed by atoms with E-state index in [9.17, 15) is 4.79 Å². The maximum atomic E-state index is 11.8. The van der Waals surface area contributed by atoms with Crippen molar-refractivity contribution in [2.75, 3.05) is 25.6 Å². The number of nitrogens with one attached hydrogen (secondary N) is 1. The van der Waals surface area contributed by atoms with Crippen LogP contribution in [0.15, 0.2) is 24.3 Å². The van der Waals surface area contributed by atoms with Crippen molar-refractivity contribution in [2.24, 2.45) is 5.73 Å². The first-order valence-electron chi connectivity index (χ1n) is 6.71. The van der Waals surface area contributed by atoms with Gasteiger partial charge in [0.05, 0.1) is 6.61 Å². The molecule has 0 saturated heterocycles. The normalized spacial score (nSPS) is 11.2. The molecule has 1 aromatic rings. The Balaban J connectivity index is 2.46. The first-order valence-corrected chi connectivity index (χ1v) is 6.71. The van der Waals surface area contributed by atoms with Crippen LogP contribution in [0, 0.1) is 0 Å². The van der Waals surface area contributed by atoms with Gasteiger partial charge in [-0.3, -0.25) is 4.79 Å². The second kappa shape index (κ2) is 7.87. The smallest absolute Gasteiger partial charge is 0.224 e. The summed E-state index contributed by atoms with van der Waals surface area (Å²) >= 11 is 0. The van der Waals surface area contributed by atoms with E-state index in [1.807, 2.05) is 32.0 Å². The zero-order valence-corrected chi connectivity index (χ0v) is 12.4. The maximum absolute atomic E-state index is 11.8. The predicted molar refractivity (Wildman–Crippen MR) is 79.9 cm³/mol. The molecule has 1 rings (SSSR count). The zero-order chi connectivity index (χ0) is 15.0. The highest BCUT2D eigenvalue weighted by atomic mass is 16.5. The quantitative estimate of drug-likeness (QED) is 0.716. The summed E-state index contributed by atoms with van der Waals surface area (Å²) in [5, 5.41) is 2.84. The van der Waals surface area contributed by atoms with Crippen LogP contribution in [-0.4, -0.2) is 31.8 Å². The number of carbonyl (C=O) groups is 1. The summed E-state index contributed by atoms with van der Waals surface area (Å²) in [6, 6.07) is 7.30. The molecule has 0 bridgehead atoms. The molecule has 1 aromatic carbocycles. The number of methoxy groups -OCH3 is 1. The van der Waals surface area contributed by atoms with E-state index in [0.29, 0.717) is 31.8 Å². The minimum atomic E-state index is -0.331. The van der Waals surface area contributed by atoms with Crippen LogP contribution in [0.1, 0.15) is 26.7 Å². The first kappa shape index (κ1) is 16.5. The molecule has 0 saturated carbocycles. The van der Waals surface area contributed by atoms with E-state index in [1.54, 1.807) is 13.2 Å². The summed E-state index contributed by atoms with van der Waals surface area (Å²) in [4.78, 5) is 11.8. The van der Waals surface area contributed by atoms with Crippen LogP contribution in [0.25, 0.3) is 0 Å².